The lowest BCUT2D eigenvalue weighted by atomic mass is 9.89. The van der Waals surface area contributed by atoms with Gasteiger partial charge in [-0.1, -0.05) is 30.3 Å². The number of ether oxygens (including phenoxy) is 2. The van der Waals surface area contributed by atoms with Crippen molar-refractivity contribution in [2.24, 2.45) is 0 Å². The average molecular weight is 383 g/mol. The summed E-state index contributed by atoms with van der Waals surface area (Å²) in [6, 6.07) is 14.2. The molecule has 1 aliphatic rings. The largest absolute Gasteiger partial charge is 0.493 e. The molecule has 0 heterocycles. The molecule has 2 aromatic rings. The van der Waals surface area contributed by atoms with Crippen molar-refractivity contribution in [2.75, 3.05) is 26.8 Å². The van der Waals surface area contributed by atoms with Crippen LogP contribution in [0.2, 0.25) is 0 Å². The summed E-state index contributed by atoms with van der Waals surface area (Å²) < 4.78 is 10.9. The van der Waals surface area contributed by atoms with Crippen LogP contribution in [-0.2, 0) is 17.6 Å². The number of rotatable bonds is 9. The highest BCUT2D eigenvalue weighted by atomic mass is 16.5. The molecule has 0 fully saturated rings. The van der Waals surface area contributed by atoms with Gasteiger partial charge in [-0.25, -0.2) is 0 Å². The Kier molecular flexibility index (Phi) is 7.31. The number of para-hydroxylation sites is 2. The molecule has 5 heteroatoms. The third-order valence-corrected chi connectivity index (χ3v) is 5.14. The van der Waals surface area contributed by atoms with Crippen molar-refractivity contribution in [2.45, 2.75) is 38.6 Å². The summed E-state index contributed by atoms with van der Waals surface area (Å²) >= 11 is 0. The van der Waals surface area contributed by atoms with E-state index in [0.717, 1.165) is 6.42 Å². The highest BCUT2D eigenvalue weighted by Crippen LogP contribution is 2.26. The minimum absolute atomic E-state index is 0.00589. The SMILES string of the molecule is COc1ccccc1OCCNCC(=O)N[C@@H](C)c1ccc2c(c1)CCCC2. The Hall–Kier alpha value is -2.53. The van der Waals surface area contributed by atoms with Gasteiger partial charge in [0.2, 0.25) is 5.91 Å². The lowest BCUT2D eigenvalue weighted by Crippen LogP contribution is -2.36. The van der Waals surface area contributed by atoms with Crippen molar-refractivity contribution >= 4 is 5.91 Å². The van der Waals surface area contributed by atoms with Crippen LogP contribution in [0.3, 0.4) is 0 Å². The van der Waals surface area contributed by atoms with E-state index in [2.05, 4.69) is 28.8 Å². The van der Waals surface area contributed by atoms with Gasteiger partial charge in [0.1, 0.15) is 6.61 Å². The van der Waals surface area contributed by atoms with E-state index in [0.29, 0.717) is 24.7 Å². The first-order valence-electron chi connectivity index (χ1n) is 10.0. The fraction of sp³-hybridized carbons (Fsp3) is 0.435. The van der Waals surface area contributed by atoms with Crippen LogP contribution in [-0.4, -0.2) is 32.7 Å². The number of amides is 1. The normalized spacial score (nSPS) is 14.1. The molecule has 2 aromatic carbocycles. The summed E-state index contributed by atoms with van der Waals surface area (Å²) in [5.74, 6) is 1.40. The smallest absolute Gasteiger partial charge is 0.234 e. The zero-order valence-electron chi connectivity index (χ0n) is 16.8. The first kappa shape index (κ1) is 20.2. The highest BCUT2D eigenvalue weighted by molar-refractivity contribution is 5.78. The molecule has 1 aliphatic carbocycles. The Morgan fingerprint density at radius 3 is 2.61 bits per heavy atom. The summed E-state index contributed by atoms with van der Waals surface area (Å²) in [5.41, 5.74) is 4.08. The number of methoxy groups -OCH3 is 1. The summed E-state index contributed by atoms with van der Waals surface area (Å²) in [5, 5.41) is 6.19. The second kappa shape index (κ2) is 10.1. The van der Waals surface area contributed by atoms with Gasteiger partial charge in [-0.2, -0.15) is 0 Å². The standard InChI is InChI=1S/C23H30N2O3/c1-17(19-12-11-18-7-3-4-8-20(18)15-19)25-23(26)16-24-13-14-28-22-10-6-5-9-21(22)27-2/h5-6,9-12,15,17,24H,3-4,7-8,13-14,16H2,1-2H3,(H,25,26)/t17-/m0/s1. The summed E-state index contributed by atoms with van der Waals surface area (Å²) in [6.45, 7) is 3.35. The Morgan fingerprint density at radius 2 is 1.82 bits per heavy atom. The van der Waals surface area contributed by atoms with Crippen molar-refractivity contribution in [3.63, 3.8) is 0 Å². The number of hydrogen-bond donors (Lipinski definition) is 2. The van der Waals surface area contributed by atoms with Crippen molar-refractivity contribution in [1.29, 1.82) is 0 Å². The number of nitrogens with one attached hydrogen (secondary N) is 2. The fourth-order valence-corrected chi connectivity index (χ4v) is 3.57. The molecule has 0 saturated carbocycles. The number of fused-ring (bicyclic) bond motifs is 1. The second-order valence-corrected chi connectivity index (χ2v) is 7.20. The maximum Gasteiger partial charge on any atom is 0.234 e. The maximum atomic E-state index is 12.2. The summed E-state index contributed by atoms with van der Waals surface area (Å²) in [7, 11) is 1.62. The van der Waals surface area contributed by atoms with Gasteiger partial charge in [-0.05, 0) is 61.4 Å². The molecule has 2 N–H and O–H groups in total. The van der Waals surface area contributed by atoms with Crippen LogP contribution >= 0.6 is 0 Å². The zero-order chi connectivity index (χ0) is 19.8. The topological polar surface area (TPSA) is 59.6 Å². The number of benzene rings is 2. The van der Waals surface area contributed by atoms with Crippen LogP contribution < -0.4 is 20.1 Å². The van der Waals surface area contributed by atoms with Crippen molar-refractivity contribution in [1.82, 2.24) is 10.6 Å². The Balaban J connectivity index is 1.38. The van der Waals surface area contributed by atoms with Crippen molar-refractivity contribution < 1.29 is 14.3 Å². The van der Waals surface area contributed by atoms with Gasteiger partial charge in [-0.3, -0.25) is 4.79 Å². The second-order valence-electron chi connectivity index (χ2n) is 7.20. The Labute approximate surface area is 167 Å². The van der Waals surface area contributed by atoms with E-state index < -0.39 is 0 Å². The fourth-order valence-electron chi connectivity index (χ4n) is 3.57. The van der Waals surface area contributed by atoms with Crippen LogP contribution in [0.4, 0.5) is 0 Å². The van der Waals surface area contributed by atoms with Gasteiger partial charge in [0, 0.05) is 6.54 Å². The molecule has 0 aliphatic heterocycles. The van der Waals surface area contributed by atoms with E-state index in [1.807, 2.05) is 31.2 Å². The van der Waals surface area contributed by atoms with E-state index in [-0.39, 0.29) is 18.5 Å². The van der Waals surface area contributed by atoms with Crippen LogP contribution in [0, 0.1) is 0 Å². The molecule has 1 atom stereocenters. The minimum atomic E-state index is -0.0116. The molecule has 1 amide bonds. The molecule has 0 radical (unpaired) electrons. The van der Waals surface area contributed by atoms with Gasteiger partial charge < -0.3 is 20.1 Å². The van der Waals surface area contributed by atoms with E-state index >= 15 is 0 Å². The van der Waals surface area contributed by atoms with Gasteiger partial charge in [0.05, 0.1) is 19.7 Å². The molecule has 3 rings (SSSR count). The average Bonchev–Trinajstić information content (AvgIpc) is 2.73. The summed E-state index contributed by atoms with van der Waals surface area (Å²) in [6.07, 6.45) is 4.87. The van der Waals surface area contributed by atoms with Crippen LogP contribution in [0.25, 0.3) is 0 Å². The number of carbonyl (C=O) groups excluding carboxylic acids is 1. The first-order valence-corrected chi connectivity index (χ1v) is 10.0. The Morgan fingerprint density at radius 1 is 1.07 bits per heavy atom. The monoisotopic (exact) mass is 382 g/mol. The maximum absolute atomic E-state index is 12.2. The molecule has 5 nitrogen and oxygen atoms in total. The van der Waals surface area contributed by atoms with E-state index in [1.54, 1.807) is 7.11 Å². The molecular weight excluding hydrogens is 352 g/mol. The molecule has 150 valence electrons. The Bertz CT molecular complexity index is 791. The predicted octanol–water partition coefficient (Wildman–Crippen LogP) is 3.42. The number of aryl methyl sites for hydroxylation is 2. The van der Waals surface area contributed by atoms with E-state index in [9.17, 15) is 4.79 Å². The number of carbonyl (C=O) groups is 1. The quantitative estimate of drug-likeness (QED) is 0.653. The third kappa shape index (κ3) is 5.49. The van der Waals surface area contributed by atoms with Gasteiger partial charge in [0.25, 0.3) is 0 Å². The van der Waals surface area contributed by atoms with E-state index in [1.165, 1.54) is 36.0 Å². The van der Waals surface area contributed by atoms with Gasteiger partial charge in [-0.15, -0.1) is 0 Å². The summed E-state index contributed by atoms with van der Waals surface area (Å²) in [4.78, 5) is 12.2. The van der Waals surface area contributed by atoms with Gasteiger partial charge >= 0.3 is 0 Å². The lowest BCUT2D eigenvalue weighted by Gasteiger charge is -2.20. The van der Waals surface area contributed by atoms with E-state index in [4.69, 9.17) is 9.47 Å². The molecule has 0 spiro atoms. The third-order valence-electron chi connectivity index (χ3n) is 5.14. The van der Waals surface area contributed by atoms with Crippen LogP contribution in [0.5, 0.6) is 11.5 Å². The minimum Gasteiger partial charge on any atom is -0.493 e. The van der Waals surface area contributed by atoms with Crippen LogP contribution in [0.15, 0.2) is 42.5 Å². The van der Waals surface area contributed by atoms with Crippen LogP contribution in [0.1, 0.15) is 42.5 Å². The predicted molar refractivity (Wildman–Crippen MR) is 111 cm³/mol. The van der Waals surface area contributed by atoms with Crippen molar-refractivity contribution in [3.05, 3.63) is 59.2 Å². The lowest BCUT2D eigenvalue weighted by molar-refractivity contribution is -0.120. The molecule has 28 heavy (non-hydrogen) atoms. The first-order chi connectivity index (χ1) is 13.7. The highest BCUT2D eigenvalue weighted by Gasteiger charge is 2.14. The van der Waals surface area contributed by atoms with Gasteiger partial charge in [0.15, 0.2) is 11.5 Å². The number of hydrogen-bond acceptors (Lipinski definition) is 4. The zero-order valence-corrected chi connectivity index (χ0v) is 16.8. The molecule has 0 unspecified atom stereocenters. The van der Waals surface area contributed by atoms with Crippen molar-refractivity contribution in [3.8, 4) is 11.5 Å². The molecule has 0 saturated heterocycles. The molecule has 0 aromatic heterocycles. The molecule has 0 bridgehead atoms. The molecular formula is C23H30N2O3.